The Hall–Kier alpha value is -1.53. The van der Waals surface area contributed by atoms with Crippen LogP contribution in [0.25, 0.3) is 0 Å². The zero-order chi connectivity index (χ0) is 15.0. The summed E-state index contributed by atoms with van der Waals surface area (Å²) in [4.78, 5) is 12.2. The third kappa shape index (κ3) is 2.66. The molecular formula is C13H6BrClF3NO. The monoisotopic (exact) mass is 363 g/mol. The number of nitrogen functional groups attached to an aromatic ring is 1. The zero-order valence-corrected chi connectivity index (χ0v) is 12.0. The van der Waals surface area contributed by atoms with Gasteiger partial charge in [0.25, 0.3) is 0 Å². The molecule has 0 spiro atoms. The molecule has 0 aliphatic heterocycles. The summed E-state index contributed by atoms with van der Waals surface area (Å²) in [7, 11) is 0. The van der Waals surface area contributed by atoms with Gasteiger partial charge < -0.3 is 5.73 Å². The Bertz CT molecular complexity index is 662. The first-order valence-corrected chi connectivity index (χ1v) is 6.42. The van der Waals surface area contributed by atoms with Gasteiger partial charge in [0.15, 0.2) is 17.4 Å². The van der Waals surface area contributed by atoms with E-state index in [1.807, 2.05) is 0 Å². The Morgan fingerprint density at radius 3 is 2.25 bits per heavy atom. The molecule has 0 unspecified atom stereocenters. The Morgan fingerprint density at radius 1 is 1.00 bits per heavy atom. The molecule has 2 aromatic carbocycles. The summed E-state index contributed by atoms with van der Waals surface area (Å²) in [6.07, 6.45) is 0. The van der Waals surface area contributed by atoms with Gasteiger partial charge in [-0.2, -0.15) is 0 Å². The molecule has 7 heteroatoms. The molecule has 0 aromatic heterocycles. The van der Waals surface area contributed by atoms with E-state index in [2.05, 4.69) is 15.9 Å². The summed E-state index contributed by atoms with van der Waals surface area (Å²) in [5.41, 5.74) is 4.90. The van der Waals surface area contributed by atoms with E-state index in [-0.39, 0.29) is 26.3 Å². The van der Waals surface area contributed by atoms with Crippen LogP contribution in [0.15, 0.2) is 28.7 Å². The topological polar surface area (TPSA) is 43.1 Å². The van der Waals surface area contributed by atoms with Crippen LogP contribution in [-0.4, -0.2) is 5.78 Å². The first kappa shape index (κ1) is 14.9. The molecule has 0 bridgehead atoms. The van der Waals surface area contributed by atoms with Gasteiger partial charge in [-0.05, 0) is 40.2 Å². The van der Waals surface area contributed by atoms with Crippen molar-refractivity contribution >= 4 is 39.0 Å². The minimum absolute atomic E-state index is 0.00296. The van der Waals surface area contributed by atoms with E-state index in [0.29, 0.717) is 12.1 Å². The zero-order valence-electron chi connectivity index (χ0n) is 9.68. The van der Waals surface area contributed by atoms with Crippen molar-refractivity contribution < 1.29 is 18.0 Å². The molecule has 20 heavy (non-hydrogen) atoms. The SMILES string of the molecule is Nc1cc(C(=O)c2cc(F)c(F)cc2Cl)c(Br)cc1F. The molecule has 0 saturated carbocycles. The fourth-order valence-electron chi connectivity index (χ4n) is 1.58. The van der Waals surface area contributed by atoms with Gasteiger partial charge in [-0.3, -0.25) is 4.79 Å². The van der Waals surface area contributed by atoms with Gasteiger partial charge in [-0.15, -0.1) is 0 Å². The smallest absolute Gasteiger partial charge is 0.195 e. The highest BCUT2D eigenvalue weighted by atomic mass is 79.9. The summed E-state index contributed by atoms with van der Waals surface area (Å²) < 4.78 is 39.5. The second-order valence-electron chi connectivity index (χ2n) is 3.93. The molecule has 0 atom stereocenters. The van der Waals surface area contributed by atoms with Gasteiger partial charge in [0.05, 0.1) is 10.7 Å². The van der Waals surface area contributed by atoms with Crippen molar-refractivity contribution in [1.29, 1.82) is 0 Å². The largest absolute Gasteiger partial charge is 0.396 e. The molecular weight excluding hydrogens is 358 g/mol. The van der Waals surface area contributed by atoms with Crippen molar-refractivity contribution in [3.63, 3.8) is 0 Å². The highest BCUT2D eigenvalue weighted by molar-refractivity contribution is 9.10. The van der Waals surface area contributed by atoms with Gasteiger partial charge in [0.1, 0.15) is 5.82 Å². The Labute approximate surface area is 125 Å². The number of anilines is 1. The quantitative estimate of drug-likeness (QED) is 0.489. The molecule has 0 aliphatic carbocycles. The second kappa shape index (κ2) is 5.46. The van der Waals surface area contributed by atoms with Crippen LogP contribution in [0.1, 0.15) is 15.9 Å². The van der Waals surface area contributed by atoms with E-state index < -0.39 is 23.2 Å². The molecule has 2 aromatic rings. The van der Waals surface area contributed by atoms with E-state index in [9.17, 15) is 18.0 Å². The van der Waals surface area contributed by atoms with Gasteiger partial charge >= 0.3 is 0 Å². The average molecular weight is 365 g/mol. The average Bonchev–Trinajstić information content (AvgIpc) is 2.37. The summed E-state index contributed by atoms with van der Waals surface area (Å²) in [6.45, 7) is 0. The van der Waals surface area contributed by atoms with Crippen molar-refractivity contribution in [2.75, 3.05) is 5.73 Å². The lowest BCUT2D eigenvalue weighted by Crippen LogP contribution is -2.06. The molecule has 0 amide bonds. The molecule has 2 N–H and O–H groups in total. The summed E-state index contributed by atoms with van der Waals surface area (Å²) in [6, 6.07) is 3.49. The normalized spacial score (nSPS) is 10.7. The first-order valence-electron chi connectivity index (χ1n) is 5.25. The van der Waals surface area contributed by atoms with Crippen LogP contribution in [0.3, 0.4) is 0 Å². The number of nitrogens with two attached hydrogens (primary N) is 1. The molecule has 0 saturated heterocycles. The number of carbonyl (C=O) groups excluding carboxylic acids is 1. The van der Waals surface area contributed by atoms with Crippen LogP contribution in [-0.2, 0) is 0 Å². The molecule has 104 valence electrons. The van der Waals surface area contributed by atoms with Crippen LogP contribution in [0.2, 0.25) is 5.02 Å². The minimum atomic E-state index is -1.20. The molecule has 2 rings (SSSR count). The van der Waals surface area contributed by atoms with E-state index in [0.717, 1.165) is 12.1 Å². The Morgan fingerprint density at radius 2 is 1.60 bits per heavy atom. The summed E-state index contributed by atoms with van der Waals surface area (Å²) in [5, 5.41) is -0.247. The number of halogens is 5. The van der Waals surface area contributed by atoms with Crippen molar-refractivity contribution in [1.82, 2.24) is 0 Å². The lowest BCUT2D eigenvalue weighted by molar-refractivity contribution is 0.103. The maximum atomic E-state index is 13.2. The van der Waals surface area contributed by atoms with Crippen molar-refractivity contribution in [2.45, 2.75) is 0 Å². The van der Waals surface area contributed by atoms with Crippen LogP contribution >= 0.6 is 27.5 Å². The molecule has 2 nitrogen and oxygen atoms in total. The number of benzene rings is 2. The van der Waals surface area contributed by atoms with Crippen molar-refractivity contribution in [3.05, 3.63) is 62.3 Å². The van der Waals surface area contributed by atoms with Crippen molar-refractivity contribution in [2.24, 2.45) is 0 Å². The summed E-state index contributed by atoms with van der Waals surface area (Å²) in [5.74, 6) is -3.77. The fourth-order valence-corrected chi connectivity index (χ4v) is 2.31. The molecule has 0 radical (unpaired) electrons. The molecule has 0 heterocycles. The number of rotatable bonds is 2. The van der Waals surface area contributed by atoms with Crippen molar-refractivity contribution in [3.8, 4) is 0 Å². The number of hydrogen-bond donors (Lipinski definition) is 1. The Balaban J connectivity index is 2.57. The lowest BCUT2D eigenvalue weighted by atomic mass is 10.0. The molecule has 0 aliphatic rings. The lowest BCUT2D eigenvalue weighted by Gasteiger charge is -2.08. The third-order valence-electron chi connectivity index (χ3n) is 2.59. The van der Waals surface area contributed by atoms with Crippen LogP contribution < -0.4 is 5.73 Å². The highest BCUT2D eigenvalue weighted by Crippen LogP contribution is 2.28. The predicted octanol–water partition coefficient (Wildman–Crippen LogP) is 4.33. The van der Waals surface area contributed by atoms with Crippen LogP contribution in [0.5, 0.6) is 0 Å². The van der Waals surface area contributed by atoms with Crippen LogP contribution in [0.4, 0.5) is 18.9 Å². The van der Waals surface area contributed by atoms with Gasteiger partial charge in [-0.1, -0.05) is 11.6 Å². The summed E-state index contributed by atoms with van der Waals surface area (Å²) >= 11 is 8.73. The van der Waals surface area contributed by atoms with Gasteiger partial charge in [0, 0.05) is 15.6 Å². The van der Waals surface area contributed by atoms with Gasteiger partial charge in [-0.25, -0.2) is 13.2 Å². The number of hydrogen-bond acceptors (Lipinski definition) is 2. The second-order valence-corrected chi connectivity index (χ2v) is 5.19. The van der Waals surface area contributed by atoms with E-state index in [1.54, 1.807) is 0 Å². The fraction of sp³-hybridized carbons (Fsp3) is 0. The van der Waals surface area contributed by atoms with Gasteiger partial charge in [0.2, 0.25) is 0 Å². The maximum absolute atomic E-state index is 13.2. The third-order valence-corrected chi connectivity index (χ3v) is 3.55. The number of carbonyl (C=O) groups is 1. The van der Waals surface area contributed by atoms with Crippen LogP contribution in [0, 0.1) is 17.5 Å². The van der Waals surface area contributed by atoms with E-state index >= 15 is 0 Å². The Kier molecular flexibility index (Phi) is 4.06. The molecule has 0 fully saturated rings. The standard InChI is InChI=1S/C13H6BrClF3NO/c14-7-3-11(18)12(19)2-5(7)13(20)6-1-9(16)10(17)4-8(6)15/h1-4H,19H2. The highest BCUT2D eigenvalue weighted by Gasteiger charge is 2.20. The van der Waals surface area contributed by atoms with E-state index in [1.165, 1.54) is 0 Å². The first-order chi connectivity index (χ1) is 9.31. The maximum Gasteiger partial charge on any atom is 0.195 e. The van der Waals surface area contributed by atoms with E-state index in [4.69, 9.17) is 17.3 Å². The number of ketones is 1. The minimum Gasteiger partial charge on any atom is -0.396 e. The predicted molar refractivity (Wildman–Crippen MR) is 73.3 cm³/mol.